The fourth-order valence-corrected chi connectivity index (χ4v) is 5.87. The second-order valence-electron chi connectivity index (χ2n) is 7.32. The van der Waals surface area contributed by atoms with Gasteiger partial charge in [0, 0.05) is 33.5 Å². The van der Waals surface area contributed by atoms with E-state index in [2.05, 4.69) is 4.36 Å². The highest BCUT2D eigenvalue weighted by molar-refractivity contribution is 7.93. The molecule has 0 saturated carbocycles. The molecule has 3 N–H and O–H groups in total. The summed E-state index contributed by atoms with van der Waals surface area (Å²) in [6, 6.07) is 8.91. The number of hydrogen-bond acceptors (Lipinski definition) is 4. The third-order valence-electron chi connectivity index (χ3n) is 5.18. The molecular weight excluding hydrogens is 476 g/mol. The van der Waals surface area contributed by atoms with Gasteiger partial charge in [-0.1, -0.05) is 53.5 Å². The number of rotatable bonds is 5. The Bertz CT molecular complexity index is 1120. The first-order chi connectivity index (χ1) is 14.3. The molecule has 2 aromatic rings. The second-order valence-corrected chi connectivity index (χ2v) is 10.7. The molecule has 0 unspecified atom stereocenters. The van der Waals surface area contributed by atoms with Gasteiger partial charge in [-0.2, -0.15) is 17.5 Å². The second kappa shape index (κ2) is 8.71. The first-order valence-electron chi connectivity index (χ1n) is 9.22. The highest BCUT2D eigenvalue weighted by Crippen LogP contribution is 2.43. The van der Waals surface area contributed by atoms with Crippen LogP contribution in [0.25, 0.3) is 11.1 Å². The van der Waals surface area contributed by atoms with Crippen molar-refractivity contribution in [2.75, 3.05) is 11.5 Å². The van der Waals surface area contributed by atoms with E-state index in [9.17, 15) is 27.3 Å². The van der Waals surface area contributed by atoms with Crippen LogP contribution in [0.4, 0.5) is 13.2 Å². The molecule has 0 fully saturated rings. The zero-order valence-corrected chi connectivity index (χ0v) is 18.4. The third-order valence-corrected chi connectivity index (χ3v) is 7.95. The summed E-state index contributed by atoms with van der Waals surface area (Å²) >= 11 is 12.0. The monoisotopic (exact) mass is 494 g/mol. The van der Waals surface area contributed by atoms with Gasteiger partial charge in [0.05, 0.1) is 15.8 Å². The largest absolute Gasteiger partial charge is 0.421 e. The average Bonchev–Trinajstić information content (AvgIpc) is 2.69. The molecule has 0 saturated heterocycles. The number of amides is 1. The number of nitrogens with two attached hydrogens (primary N) is 1. The summed E-state index contributed by atoms with van der Waals surface area (Å²) in [4.78, 5) is 11.6. The molecule has 31 heavy (non-hydrogen) atoms. The summed E-state index contributed by atoms with van der Waals surface area (Å²) in [6.45, 7) is 0. The molecule has 1 amide bonds. The van der Waals surface area contributed by atoms with Crippen molar-refractivity contribution in [3.63, 3.8) is 0 Å². The van der Waals surface area contributed by atoms with Crippen LogP contribution in [0.1, 0.15) is 18.4 Å². The highest BCUT2D eigenvalue weighted by Gasteiger charge is 2.55. The van der Waals surface area contributed by atoms with Crippen LogP contribution in [-0.2, 0) is 20.1 Å². The van der Waals surface area contributed by atoms with E-state index in [1.807, 2.05) is 0 Å². The predicted molar refractivity (Wildman–Crippen MR) is 114 cm³/mol. The molecule has 2 aromatic carbocycles. The fourth-order valence-electron chi connectivity index (χ4n) is 3.27. The Hall–Kier alpha value is -1.65. The van der Waals surface area contributed by atoms with Crippen molar-refractivity contribution in [2.24, 2.45) is 10.1 Å². The number of nitrogens with zero attached hydrogens (tertiary/aromatic N) is 1. The van der Waals surface area contributed by atoms with Crippen LogP contribution in [-0.4, -0.2) is 38.9 Å². The Morgan fingerprint density at radius 1 is 1.16 bits per heavy atom. The van der Waals surface area contributed by atoms with Gasteiger partial charge in [-0.15, -0.1) is 0 Å². The Balaban J connectivity index is 1.91. The maximum atomic E-state index is 13.8. The Labute approximate surface area is 187 Å². The molecule has 1 heterocycles. The van der Waals surface area contributed by atoms with Crippen molar-refractivity contribution in [3.8, 4) is 11.1 Å². The first-order valence-corrected chi connectivity index (χ1v) is 11.8. The smallest absolute Gasteiger partial charge is 0.376 e. The van der Waals surface area contributed by atoms with E-state index in [0.717, 1.165) is 12.1 Å². The minimum Gasteiger partial charge on any atom is -0.376 e. The minimum absolute atomic E-state index is 0.0716. The summed E-state index contributed by atoms with van der Waals surface area (Å²) in [5.41, 5.74) is 2.91. The molecule has 1 aliphatic rings. The lowest BCUT2D eigenvalue weighted by molar-refractivity contribution is -0.267. The molecule has 0 aromatic heterocycles. The van der Waals surface area contributed by atoms with E-state index in [1.54, 1.807) is 12.1 Å². The van der Waals surface area contributed by atoms with Crippen LogP contribution >= 0.6 is 23.2 Å². The summed E-state index contributed by atoms with van der Waals surface area (Å²) in [6.07, 6.45) is -5.89. The lowest BCUT2D eigenvalue weighted by Gasteiger charge is -2.32. The van der Waals surface area contributed by atoms with Crippen LogP contribution < -0.4 is 5.73 Å². The molecule has 3 atom stereocenters. The number of alkyl halides is 3. The number of carbonyl (C=O) groups is 1. The van der Waals surface area contributed by atoms with E-state index in [1.165, 1.54) is 18.2 Å². The number of aliphatic hydroxyl groups is 1. The van der Waals surface area contributed by atoms with Gasteiger partial charge in [-0.05, 0) is 29.7 Å². The quantitative estimate of drug-likeness (QED) is 0.638. The molecule has 0 bridgehead atoms. The molecule has 0 spiro atoms. The SMILES string of the molecule is N[C@H]1CC[S@@](=O)(CC[C@@](O)(c2ccc(-c3ccc(Cl)cc3Cl)cc2)C(F)(F)F)=NC1=O. The van der Waals surface area contributed by atoms with Gasteiger partial charge in [-0.25, -0.2) is 4.21 Å². The zero-order valence-electron chi connectivity index (χ0n) is 16.0. The number of halogens is 5. The normalized spacial score (nSPS) is 23.8. The molecule has 0 radical (unpaired) electrons. The van der Waals surface area contributed by atoms with Crippen LogP contribution in [0.3, 0.4) is 0 Å². The third kappa shape index (κ3) is 5.06. The van der Waals surface area contributed by atoms with Gasteiger partial charge in [0.15, 0.2) is 5.60 Å². The van der Waals surface area contributed by atoms with Gasteiger partial charge < -0.3 is 10.8 Å². The van der Waals surface area contributed by atoms with Crippen molar-refractivity contribution in [2.45, 2.75) is 30.7 Å². The van der Waals surface area contributed by atoms with E-state index in [-0.39, 0.29) is 12.2 Å². The van der Waals surface area contributed by atoms with Gasteiger partial charge in [0.2, 0.25) is 0 Å². The highest BCUT2D eigenvalue weighted by atomic mass is 35.5. The van der Waals surface area contributed by atoms with E-state index >= 15 is 0 Å². The topological polar surface area (TPSA) is 92.8 Å². The predicted octanol–water partition coefficient (Wildman–Crippen LogP) is 4.53. The number of benzene rings is 2. The van der Waals surface area contributed by atoms with Crippen molar-refractivity contribution in [1.29, 1.82) is 0 Å². The zero-order chi connectivity index (χ0) is 23.0. The lowest BCUT2D eigenvalue weighted by atomic mass is 9.89. The Morgan fingerprint density at radius 3 is 2.35 bits per heavy atom. The van der Waals surface area contributed by atoms with Crippen LogP contribution in [0.2, 0.25) is 10.0 Å². The molecule has 11 heteroatoms. The number of hydrogen-bond donors (Lipinski definition) is 2. The molecule has 5 nitrogen and oxygen atoms in total. The summed E-state index contributed by atoms with van der Waals surface area (Å²) in [7, 11) is -3.23. The summed E-state index contributed by atoms with van der Waals surface area (Å²) < 4.78 is 57.8. The minimum atomic E-state index is -5.04. The van der Waals surface area contributed by atoms with E-state index in [4.69, 9.17) is 28.9 Å². The van der Waals surface area contributed by atoms with Crippen LogP contribution in [0.15, 0.2) is 46.8 Å². The maximum absolute atomic E-state index is 13.8. The van der Waals surface area contributed by atoms with Crippen molar-refractivity contribution >= 4 is 38.8 Å². The Morgan fingerprint density at radius 2 is 1.81 bits per heavy atom. The summed E-state index contributed by atoms with van der Waals surface area (Å²) in [5.74, 6) is -1.48. The van der Waals surface area contributed by atoms with Crippen LogP contribution in [0, 0.1) is 0 Å². The Kier molecular flexibility index (Phi) is 6.74. The standard InChI is InChI=1S/C20H19Cl2F3N2O3S/c21-14-5-6-15(16(22)11-14)12-1-3-13(4-2-12)19(29,20(23,24)25)8-10-31(30)9-7-17(26)18(28)27-31/h1-6,11,17,29H,7-10,26H2/t17-,19+,31+/m0/s1. The van der Waals surface area contributed by atoms with Crippen LogP contribution in [0.5, 0.6) is 0 Å². The van der Waals surface area contributed by atoms with Crippen molar-refractivity contribution in [1.82, 2.24) is 0 Å². The maximum Gasteiger partial charge on any atom is 0.421 e. The average molecular weight is 495 g/mol. The molecule has 3 rings (SSSR count). The van der Waals surface area contributed by atoms with Gasteiger partial charge >= 0.3 is 6.18 Å². The summed E-state index contributed by atoms with van der Waals surface area (Å²) in [5, 5.41) is 11.3. The number of carbonyl (C=O) groups excluding carboxylic acids is 1. The molecule has 168 valence electrons. The van der Waals surface area contributed by atoms with Gasteiger partial charge in [0.1, 0.15) is 0 Å². The molecule has 0 aliphatic carbocycles. The van der Waals surface area contributed by atoms with E-state index < -0.39 is 51.2 Å². The fraction of sp³-hybridized carbons (Fsp3) is 0.350. The molecular formula is C20H19Cl2F3N2O3S. The molecule has 1 aliphatic heterocycles. The van der Waals surface area contributed by atoms with Gasteiger partial charge in [0.25, 0.3) is 5.91 Å². The van der Waals surface area contributed by atoms with Crippen molar-refractivity contribution < 1.29 is 27.3 Å². The van der Waals surface area contributed by atoms with Gasteiger partial charge in [-0.3, -0.25) is 4.79 Å². The lowest BCUT2D eigenvalue weighted by Crippen LogP contribution is -2.44. The first kappa shape index (κ1) is 24.0. The van der Waals surface area contributed by atoms with Crippen molar-refractivity contribution in [3.05, 3.63) is 58.1 Å². The van der Waals surface area contributed by atoms with E-state index in [0.29, 0.717) is 21.2 Å².